The summed E-state index contributed by atoms with van der Waals surface area (Å²) in [4.78, 5) is 12.5. The van der Waals surface area contributed by atoms with Gasteiger partial charge >= 0.3 is 0 Å². The van der Waals surface area contributed by atoms with E-state index in [1.54, 1.807) is 0 Å². The van der Waals surface area contributed by atoms with Crippen LogP contribution in [0.4, 0.5) is 0 Å². The Morgan fingerprint density at radius 1 is 1.28 bits per heavy atom. The molecule has 4 heteroatoms. The van der Waals surface area contributed by atoms with Gasteiger partial charge in [0, 0.05) is 19.1 Å². The maximum Gasteiger partial charge on any atom is 0.164 e. The van der Waals surface area contributed by atoms with Crippen molar-refractivity contribution in [1.82, 2.24) is 0 Å². The average Bonchev–Trinajstić information content (AvgIpc) is 2.85. The van der Waals surface area contributed by atoms with Crippen molar-refractivity contribution in [3.05, 3.63) is 0 Å². The first-order valence-corrected chi connectivity index (χ1v) is 7.26. The molecule has 4 nitrogen and oxygen atoms in total. The van der Waals surface area contributed by atoms with E-state index in [0.29, 0.717) is 12.3 Å². The van der Waals surface area contributed by atoms with Crippen LogP contribution < -0.4 is 5.73 Å². The molecule has 0 radical (unpaired) electrons. The molecular weight excluding hydrogens is 230 g/mol. The van der Waals surface area contributed by atoms with E-state index in [2.05, 4.69) is 0 Å². The highest BCUT2D eigenvalue weighted by molar-refractivity contribution is 5.85. The van der Waals surface area contributed by atoms with Gasteiger partial charge in [-0.05, 0) is 44.9 Å². The summed E-state index contributed by atoms with van der Waals surface area (Å²) in [5.74, 6) is 0.459. The molecule has 0 bridgehead atoms. The van der Waals surface area contributed by atoms with E-state index in [9.17, 15) is 4.79 Å². The molecule has 2 aliphatic heterocycles. The van der Waals surface area contributed by atoms with E-state index in [1.807, 2.05) is 0 Å². The molecule has 0 aromatic carbocycles. The molecule has 18 heavy (non-hydrogen) atoms. The number of nitrogens with two attached hydrogens (primary N) is 1. The Labute approximate surface area is 108 Å². The van der Waals surface area contributed by atoms with Crippen molar-refractivity contribution in [2.24, 2.45) is 11.7 Å². The third-order valence-corrected chi connectivity index (χ3v) is 4.85. The van der Waals surface area contributed by atoms with Crippen LogP contribution in [-0.2, 0) is 14.3 Å². The molecule has 0 aromatic rings. The molecule has 3 aliphatic rings. The van der Waals surface area contributed by atoms with Gasteiger partial charge in [0.1, 0.15) is 6.10 Å². The predicted octanol–water partition coefficient (Wildman–Crippen LogP) is 1.41. The fourth-order valence-electron chi connectivity index (χ4n) is 3.54. The van der Waals surface area contributed by atoms with Gasteiger partial charge in [0.2, 0.25) is 0 Å². The SMILES string of the molecule is NCC1CCC(C(=O)C2CCOC3(CCC3)C2)O1. The first kappa shape index (κ1) is 12.6. The highest BCUT2D eigenvalue weighted by atomic mass is 16.5. The van der Waals surface area contributed by atoms with Gasteiger partial charge in [-0.25, -0.2) is 0 Å². The quantitative estimate of drug-likeness (QED) is 0.826. The summed E-state index contributed by atoms with van der Waals surface area (Å²) in [5.41, 5.74) is 5.64. The van der Waals surface area contributed by atoms with Gasteiger partial charge < -0.3 is 15.2 Å². The third-order valence-electron chi connectivity index (χ3n) is 4.85. The van der Waals surface area contributed by atoms with Gasteiger partial charge in [0.15, 0.2) is 5.78 Å². The minimum Gasteiger partial charge on any atom is -0.375 e. The molecule has 1 aliphatic carbocycles. The molecule has 3 fully saturated rings. The van der Waals surface area contributed by atoms with Crippen molar-refractivity contribution in [3.8, 4) is 0 Å². The van der Waals surface area contributed by atoms with E-state index >= 15 is 0 Å². The van der Waals surface area contributed by atoms with Crippen LogP contribution in [0.2, 0.25) is 0 Å². The van der Waals surface area contributed by atoms with Crippen molar-refractivity contribution in [3.63, 3.8) is 0 Å². The summed E-state index contributed by atoms with van der Waals surface area (Å²) >= 11 is 0. The van der Waals surface area contributed by atoms with Crippen molar-refractivity contribution >= 4 is 5.78 Å². The molecule has 3 atom stereocenters. The topological polar surface area (TPSA) is 61.6 Å². The van der Waals surface area contributed by atoms with Crippen molar-refractivity contribution in [1.29, 1.82) is 0 Å². The summed E-state index contributed by atoms with van der Waals surface area (Å²) in [6.45, 7) is 1.27. The molecule has 2 saturated heterocycles. The molecule has 1 saturated carbocycles. The monoisotopic (exact) mass is 253 g/mol. The summed E-state index contributed by atoms with van der Waals surface area (Å²) in [6, 6.07) is 0. The summed E-state index contributed by atoms with van der Waals surface area (Å²) in [5, 5.41) is 0. The Kier molecular flexibility index (Phi) is 3.43. The zero-order valence-corrected chi connectivity index (χ0v) is 10.9. The first-order chi connectivity index (χ1) is 8.72. The zero-order chi connectivity index (χ0) is 12.6. The van der Waals surface area contributed by atoms with Gasteiger partial charge in [-0.1, -0.05) is 0 Å². The van der Waals surface area contributed by atoms with Crippen LogP contribution in [0.5, 0.6) is 0 Å². The maximum atomic E-state index is 12.5. The minimum atomic E-state index is -0.196. The average molecular weight is 253 g/mol. The predicted molar refractivity (Wildman–Crippen MR) is 67.2 cm³/mol. The Hall–Kier alpha value is -0.450. The number of hydrogen-bond donors (Lipinski definition) is 1. The minimum absolute atomic E-state index is 0.0461. The van der Waals surface area contributed by atoms with E-state index in [1.165, 1.54) is 6.42 Å². The number of ether oxygens (including phenoxy) is 2. The van der Waals surface area contributed by atoms with Gasteiger partial charge in [0.25, 0.3) is 0 Å². The standard InChI is InChI=1S/C14H23NO3/c15-9-11-2-3-12(18-11)13(16)10-4-7-17-14(8-10)5-1-6-14/h10-12H,1-9,15H2. The second kappa shape index (κ2) is 4.91. The lowest BCUT2D eigenvalue weighted by molar-refractivity contribution is -0.161. The van der Waals surface area contributed by atoms with E-state index < -0.39 is 0 Å². The lowest BCUT2D eigenvalue weighted by atomic mass is 9.70. The van der Waals surface area contributed by atoms with Crippen molar-refractivity contribution < 1.29 is 14.3 Å². The Morgan fingerprint density at radius 3 is 2.72 bits per heavy atom. The van der Waals surface area contributed by atoms with Crippen LogP contribution in [0.15, 0.2) is 0 Å². The molecular formula is C14H23NO3. The molecule has 2 heterocycles. The van der Waals surface area contributed by atoms with E-state index in [4.69, 9.17) is 15.2 Å². The van der Waals surface area contributed by atoms with Crippen LogP contribution in [0.3, 0.4) is 0 Å². The molecule has 0 amide bonds. The fraction of sp³-hybridized carbons (Fsp3) is 0.929. The largest absolute Gasteiger partial charge is 0.375 e. The second-order valence-corrected chi connectivity index (χ2v) is 6.04. The van der Waals surface area contributed by atoms with Crippen LogP contribution in [0, 0.1) is 5.92 Å². The van der Waals surface area contributed by atoms with Crippen LogP contribution >= 0.6 is 0 Å². The van der Waals surface area contributed by atoms with Crippen LogP contribution in [0.1, 0.15) is 44.9 Å². The molecule has 1 spiro atoms. The van der Waals surface area contributed by atoms with Gasteiger partial charge in [-0.2, -0.15) is 0 Å². The molecule has 3 unspecified atom stereocenters. The van der Waals surface area contributed by atoms with E-state index in [0.717, 1.165) is 45.1 Å². The number of carbonyl (C=O) groups is 1. The van der Waals surface area contributed by atoms with Crippen LogP contribution in [0.25, 0.3) is 0 Å². The lowest BCUT2D eigenvalue weighted by Crippen LogP contribution is -2.48. The van der Waals surface area contributed by atoms with Crippen molar-refractivity contribution in [2.75, 3.05) is 13.2 Å². The number of Topliss-reactive ketones (excluding diaryl/α,β-unsaturated/α-hetero) is 1. The maximum absolute atomic E-state index is 12.5. The number of hydrogen-bond acceptors (Lipinski definition) is 4. The Balaban J connectivity index is 1.59. The van der Waals surface area contributed by atoms with Crippen LogP contribution in [-0.4, -0.2) is 36.7 Å². The Morgan fingerprint density at radius 2 is 2.11 bits per heavy atom. The smallest absolute Gasteiger partial charge is 0.164 e. The molecule has 3 rings (SSSR count). The summed E-state index contributed by atoms with van der Waals surface area (Å²) in [7, 11) is 0. The fourth-order valence-corrected chi connectivity index (χ4v) is 3.54. The first-order valence-electron chi connectivity index (χ1n) is 7.26. The molecule has 0 aromatic heterocycles. The van der Waals surface area contributed by atoms with Gasteiger partial charge in [-0.3, -0.25) is 4.79 Å². The highest BCUT2D eigenvalue weighted by Gasteiger charge is 2.46. The number of rotatable bonds is 3. The van der Waals surface area contributed by atoms with Crippen molar-refractivity contribution in [2.45, 2.75) is 62.8 Å². The highest BCUT2D eigenvalue weighted by Crippen LogP contribution is 2.45. The van der Waals surface area contributed by atoms with Gasteiger partial charge in [-0.15, -0.1) is 0 Å². The zero-order valence-electron chi connectivity index (χ0n) is 10.9. The number of carbonyl (C=O) groups excluding carboxylic acids is 1. The molecule has 2 N–H and O–H groups in total. The Bertz CT molecular complexity index is 327. The third kappa shape index (κ3) is 2.22. The summed E-state index contributed by atoms with van der Waals surface area (Å²) < 4.78 is 11.6. The lowest BCUT2D eigenvalue weighted by Gasteiger charge is -2.47. The molecule has 102 valence electrons. The normalized spacial score (nSPS) is 38.6. The number of ketones is 1. The van der Waals surface area contributed by atoms with E-state index in [-0.39, 0.29) is 23.7 Å². The second-order valence-electron chi connectivity index (χ2n) is 6.04. The summed E-state index contributed by atoms with van der Waals surface area (Å²) in [6.07, 6.45) is 6.98. The van der Waals surface area contributed by atoms with Gasteiger partial charge in [0.05, 0.1) is 11.7 Å².